The number of nitrogens with two attached hydrogens (primary N) is 4. The predicted molar refractivity (Wildman–Crippen MR) is 331 cm³/mol. The molecule has 0 heterocycles. The Hall–Kier alpha value is -8.42. The summed E-state index contributed by atoms with van der Waals surface area (Å²) in [7, 11) is 0. The van der Waals surface area contributed by atoms with Crippen LogP contribution in [0.4, 0.5) is 0 Å². The lowest BCUT2D eigenvalue weighted by Gasteiger charge is -2.29. The fourth-order valence-electron chi connectivity index (χ4n) is 8.97. The lowest BCUT2D eigenvalue weighted by Crippen LogP contribution is -2.62. The number of benzene rings is 2. The molecule has 0 aliphatic heterocycles. The number of aromatic hydroxyl groups is 1. The summed E-state index contributed by atoms with van der Waals surface area (Å²) in [5, 5.41) is 63.1. The molecular formula is C59H91N13O17S. The molecule has 0 radical (unpaired) electrons. The fourth-order valence-corrected chi connectivity index (χ4v) is 9.44. The second kappa shape index (κ2) is 40.3. The molecule has 2 aromatic carbocycles. The van der Waals surface area contributed by atoms with Crippen LogP contribution in [0.25, 0.3) is 0 Å². The predicted octanol–water partition coefficient (Wildman–Crippen LogP) is -2.69. The van der Waals surface area contributed by atoms with E-state index < -0.39 is 169 Å². The number of aliphatic hydroxyl groups excluding tert-OH is 1. The van der Waals surface area contributed by atoms with Gasteiger partial charge in [-0.15, -0.1) is 0 Å². The average Bonchev–Trinajstić information content (AvgIpc) is 1.83. The highest BCUT2D eigenvalue weighted by Gasteiger charge is 2.38. The van der Waals surface area contributed by atoms with Crippen LogP contribution < -0.4 is 70.8 Å². The molecule has 0 aliphatic carbocycles. The third-order valence-corrected chi connectivity index (χ3v) is 14.9. The van der Waals surface area contributed by atoms with Gasteiger partial charge >= 0.3 is 11.9 Å². The number of carboxylic acid groups (broad SMARTS) is 2. The molecule has 0 fully saturated rings. The highest BCUT2D eigenvalue weighted by molar-refractivity contribution is 7.98. The van der Waals surface area contributed by atoms with E-state index in [1.807, 2.05) is 0 Å². The van der Waals surface area contributed by atoms with Gasteiger partial charge in [-0.1, -0.05) is 76.6 Å². The average molecular weight is 1290 g/mol. The lowest BCUT2D eigenvalue weighted by atomic mass is 9.96. The molecule has 21 N–H and O–H groups in total. The van der Waals surface area contributed by atoms with Crippen LogP contribution in [0.1, 0.15) is 116 Å². The molecule has 0 saturated heterocycles. The van der Waals surface area contributed by atoms with E-state index in [4.69, 9.17) is 22.9 Å². The molecule has 12 unspecified atom stereocenters. The van der Waals surface area contributed by atoms with E-state index in [0.29, 0.717) is 24.0 Å². The first-order valence-corrected chi connectivity index (χ1v) is 31.0. The lowest BCUT2D eigenvalue weighted by molar-refractivity contribution is -0.142. The molecule has 31 heteroatoms. The highest BCUT2D eigenvalue weighted by atomic mass is 32.2. The number of aliphatic hydroxyl groups is 1. The second-order valence-electron chi connectivity index (χ2n) is 22.3. The molecule has 0 bridgehead atoms. The summed E-state index contributed by atoms with van der Waals surface area (Å²) in [6.07, 6.45) is -2.04. The monoisotopic (exact) mass is 1290 g/mol. The van der Waals surface area contributed by atoms with Gasteiger partial charge in [-0.2, -0.15) is 11.8 Å². The van der Waals surface area contributed by atoms with Gasteiger partial charge in [-0.05, 0) is 106 Å². The van der Waals surface area contributed by atoms with Crippen molar-refractivity contribution in [2.24, 2.45) is 34.8 Å². The SMILES string of the molecule is CCC(C)C(NC(=O)C(CCC(N)=O)NC(=O)C(Cc1ccc(O)cc1)NC(=O)C(CCCCN)NC(=O)C(CCSC)NC(=O)C(NC(=O)C(CC(C)C)NC(=O)C(CC(=O)O)NC(=O)C(N)CCC(N)=O)C(C)O)C(=O)NC(Cc1ccccc1)C(=O)O. The van der Waals surface area contributed by atoms with Crippen molar-refractivity contribution in [2.75, 3.05) is 18.6 Å². The van der Waals surface area contributed by atoms with Crippen LogP contribution in [0.5, 0.6) is 5.75 Å². The van der Waals surface area contributed by atoms with Gasteiger partial charge < -0.3 is 91.2 Å². The largest absolute Gasteiger partial charge is 0.508 e. The normalized spacial score (nSPS) is 15.1. The minimum absolute atomic E-state index is 0.0841. The number of hydrogen-bond acceptors (Lipinski definition) is 18. The number of rotatable bonds is 43. The van der Waals surface area contributed by atoms with Gasteiger partial charge in [0.05, 0.1) is 18.6 Å². The van der Waals surface area contributed by atoms with Crippen LogP contribution in [-0.4, -0.2) is 182 Å². The quantitative estimate of drug-likeness (QED) is 0.0301. The number of carbonyl (C=O) groups is 13. The molecule has 0 saturated carbocycles. The van der Waals surface area contributed by atoms with Gasteiger partial charge in [0.25, 0.3) is 0 Å². The van der Waals surface area contributed by atoms with E-state index in [2.05, 4.69) is 47.9 Å². The molecule has 90 heavy (non-hydrogen) atoms. The van der Waals surface area contributed by atoms with E-state index in [1.54, 1.807) is 64.3 Å². The van der Waals surface area contributed by atoms with Crippen molar-refractivity contribution in [3.63, 3.8) is 0 Å². The first-order valence-electron chi connectivity index (χ1n) is 29.6. The molecule has 30 nitrogen and oxygen atoms in total. The number of phenolic OH excluding ortho intramolecular Hbond substituents is 1. The zero-order valence-electron chi connectivity index (χ0n) is 51.6. The molecule has 12 atom stereocenters. The van der Waals surface area contributed by atoms with Crippen LogP contribution in [0, 0.1) is 11.8 Å². The maximum atomic E-state index is 14.6. The number of aliphatic carboxylic acids is 2. The van der Waals surface area contributed by atoms with Crippen LogP contribution in [0.3, 0.4) is 0 Å². The summed E-state index contributed by atoms with van der Waals surface area (Å²) in [4.78, 5) is 174. The summed E-state index contributed by atoms with van der Waals surface area (Å²) in [6.45, 7) is 8.05. The van der Waals surface area contributed by atoms with Gasteiger partial charge in [-0.25, -0.2) is 4.79 Å². The van der Waals surface area contributed by atoms with E-state index >= 15 is 0 Å². The summed E-state index contributed by atoms with van der Waals surface area (Å²) in [5.74, 6) is -14.2. The second-order valence-corrected chi connectivity index (χ2v) is 23.3. The number of unbranched alkanes of at least 4 members (excludes halogenated alkanes) is 1. The van der Waals surface area contributed by atoms with Crippen molar-refractivity contribution in [1.82, 2.24) is 47.9 Å². The Bertz CT molecular complexity index is 2740. The molecule has 0 spiro atoms. The first kappa shape index (κ1) is 77.7. The highest BCUT2D eigenvalue weighted by Crippen LogP contribution is 2.16. The van der Waals surface area contributed by atoms with Crippen molar-refractivity contribution in [2.45, 2.75) is 185 Å². The van der Waals surface area contributed by atoms with E-state index in [1.165, 1.54) is 36.0 Å². The van der Waals surface area contributed by atoms with Crippen molar-refractivity contribution < 1.29 is 82.8 Å². The van der Waals surface area contributed by atoms with Gasteiger partial charge in [-0.3, -0.25) is 57.5 Å². The van der Waals surface area contributed by atoms with Gasteiger partial charge in [0, 0.05) is 25.7 Å². The molecule has 0 aliphatic rings. The fraction of sp³-hybridized carbons (Fsp3) is 0.576. The third kappa shape index (κ3) is 28.8. The summed E-state index contributed by atoms with van der Waals surface area (Å²) < 4.78 is 0. The zero-order valence-corrected chi connectivity index (χ0v) is 52.4. The molecular weight excluding hydrogens is 1190 g/mol. The minimum atomic E-state index is -1.81. The number of phenols is 1. The number of thioether (sulfide) groups is 1. The van der Waals surface area contributed by atoms with Crippen molar-refractivity contribution >= 4 is 88.7 Å². The van der Waals surface area contributed by atoms with E-state index in [9.17, 15) is 82.8 Å². The molecule has 11 amide bonds. The smallest absolute Gasteiger partial charge is 0.326 e. The summed E-state index contributed by atoms with van der Waals surface area (Å²) in [6, 6.07) is -1.26. The van der Waals surface area contributed by atoms with Crippen molar-refractivity contribution in [3.05, 3.63) is 65.7 Å². The number of amides is 11. The van der Waals surface area contributed by atoms with E-state index in [0.717, 1.165) is 6.92 Å². The van der Waals surface area contributed by atoms with Gasteiger partial charge in [0.1, 0.15) is 60.1 Å². The summed E-state index contributed by atoms with van der Waals surface area (Å²) in [5.41, 5.74) is 23.2. The van der Waals surface area contributed by atoms with Crippen LogP contribution in [0.2, 0.25) is 0 Å². The maximum absolute atomic E-state index is 14.6. The maximum Gasteiger partial charge on any atom is 0.326 e. The topological polar surface area (TPSA) is 515 Å². The zero-order chi connectivity index (χ0) is 67.8. The molecule has 0 aromatic heterocycles. The van der Waals surface area contributed by atoms with Crippen LogP contribution >= 0.6 is 11.8 Å². The molecule has 2 rings (SSSR count). The van der Waals surface area contributed by atoms with Crippen LogP contribution in [0.15, 0.2) is 54.6 Å². The Morgan fingerprint density at radius 3 is 1.49 bits per heavy atom. The number of primary amides is 2. The minimum Gasteiger partial charge on any atom is -0.508 e. The Morgan fingerprint density at radius 1 is 0.511 bits per heavy atom. The van der Waals surface area contributed by atoms with Crippen molar-refractivity contribution in [3.8, 4) is 5.75 Å². The number of hydrogen-bond donors (Lipinski definition) is 17. The molecule has 500 valence electrons. The van der Waals surface area contributed by atoms with Gasteiger partial charge in [0.15, 0.2) is 0 Å². The Balaban J connectivity index is 2.52. The van der Waals surface area contributed by atoms with E-state index in [-0.39, 0.29) is 75.3 Å². The number of nitrogens with one attached hydrogen (secondary N) is 9. The molecule has 2 aromatic rings. The Labute approximate surface area is 526 Å². The number of carboxylic acids is 2. The standard InChI is InChI=1S/C59H91N13O17S/c1-7-32(4)48(57(86)70-44(59(88)89)29-34-13-9-8-10-14-34)71-53(82)39(21-23-46(63)76)65-54(83)42(28-35-16-18-36(74)19-17-35)69-51(80)38(15-11-12-25-60)64-52(81)40(24-26-90-6)66-58(87)49(33(5)73)72-56(85)41(27-31(2)3)68-55(84)43(30-47(77)78)67-50(79)37(61)20-22-45(62)75/h8-10,13-14,16-19,31-33,37-44,48-49,73-74H,7,11-12,15,20-30,60-61H2,1-6H3,(H2,62,75)(H2,63,76)(H,64,81)(H,65,83)(H,66,87)(H,67,79)(H,68,84)(H,69,80)(H,70,86)(H,71,82)(H,72,85)(H,77,78)(H,88,89). The Kier molecular flexibility index (Phi) is 34.8. The van der Waals surface area contributed by atoms with Gasteiger partial charge in [0.2, 0.25) is 65.0 Å². The third-order valence-electron chi connectivity index (χ3n) is 14.3. The van der Waals surface area contributed by atoms with Crippen molar-refractivity contribution in [1.29, 1.82) is 0 Å². The van der Waals surface area contributed by atoms with Crippen LogP contribution in [-0.2, 0) is 75.2 Å². The first-order chi connectivity index (χ1) is 42.4. The number of carbonyl (C=O) groups excluding carboxylic acids is 11. The Morgan fingerprint density at radius 2 is 0.956 bits per heavy atom. The summed E-state index contributed by atoms with van der Waals surface area (Å²) >= 11 is 1.28.